The summed E-state index contributed by atoms with van der Waals surface area (Å²) in [5, 5.41) is 3.23. The molecule has 0 aliphatic carbocycles. The van der Waals surface area contributed by atoms with Gasteiger partial charge in [0.15, 0.2) is 0 Å². The molecule has 2 rings (SSSR count). The van der Waals surface area contributed by atoms with E-state index in [9.17, 15) is 9.59 Å². The number of hydrogen-bond acceptors (Lipinski definition) is 2. The first kappa shape index (κ1) is 12.9. The third-order valence-corrected chi connectivity index (χ3v) is 3.14. The topological polar surface area (TPSA) is 49.4 Å². The van der Waals surface area contributed by atoms with Gasteiger partial charge in [0, 0.05) is 29.2 Å². The van der Waals surface area contributed by atoms with Gasteiger partial charge in [0.05, 0.1) is 0 Å². The lowest BCUT2D eigenvalue weighted by atomic mass is 10.1. The van der Waals surface area contributed by atoms with Crippen LogP contribution in [0.15, 0.2) is 18.2 Å². The van der Waals surface area contributed by atoms with Crippen LogP contribution in [-0.2, 0) is 9.59 Å². The average molecular weight is 267 g/mol. The third-order valence-electron chi connectivity index (χ3n) is 2.91. The van der Waals surface area contributed by atoms with Crippen LogP contribution >= 0.6 is 11.6 Å². The van der Waals surface area contributed by atoms with E-state index >= 15 is 0 Å². The quantitative estimate of drug-likeness (QED) is 0.893. The molecule has 0 aromatic heterocycles. The van der Waals surface area contributed by atoms with Crippen molar-refractivity contribution in [2.24, 2.45) is 0 Å². The minimum atomic E-state index is -0.626. The number of carbonyl (C=O) groups excluding carboxylic acids is 2. The highest BCUT2D eigenvalue weighted by Crippen LogP contribution is 2.38. The molecule has 0 spiro atoms. The van der Waals surface area contributed by atoms with E-state index < -0.39 is 6.04 Å². The number of carbonyl (C=O) groups is 2. The highest BCUT2D eigenvalue weighted by Gasteiger charge is 2.39. The van der Waals surface area contributed by atoms with Crippen LogP contribution in [0.2, 0.25) is 5.02 Å². The minimum Gasteiger partial charge on any atom is -0.341 e. The Hall–Kier alpha value is -1.55. The maximum absolute atomic E-state index is 12.3. The monoisotopic (exact) mass is 266 g/mol. The molecule has 0 saturated carbocycles. The number of anilines is 1. The number of nitrogens with zero attached hydrogens (tertiary/aromatic N) is 1. The van der Waals surface area contributed by atoms with Crippen molar-refractivity contribution in [2.75, 3.05) is 4.90 Å². The van der Waals surface area contributed by atoms with Crippen LogP contribution in [0.1, 0.15) is 32.4 Å². The summed E-state index contributed by atoms with van der Waals surface area (Å²) in [6, 6.07) is 4.71. The van der Waals surface area contributed by atoms with Gasteiger partial charge in [-0.15, -0.1) is 0 Å². The maximum Gasteiger partial charge on any atom is 0.254 e. The summed E-state index contributed by atoms with van der Waals surface area (Å²) in [4.78, 5) is 25.2. The highest BCUT2D eigenvalue weighted by molar-refractivity contribution is 6.31. The molecule has 0 unspecified atom stereocenters. The van der Waals surface area contributed by atoms with Crippen LogP contribution in [-0.4, -0.2) is 17.9 Å². The van der Waals surface area contributed by atoms with Crippen molar-refractivity contribution in [1.82, 2.24) is 5.32 Å². The number of nitrogens with one attached hydrogen (secondary N) is 1. The molecule has 5 heteroatoms. The van der Waals surface area contributed by atoms with Crippen LogP contribution in [0.5, 0.6) is 0 Å². The van der Waals surface area contributed by atoms with Crippen molar-refractivity contribution in [2.45, 2.75) is 32.9 Å². The third kappa shape index (κ3) is 2.08. The second-order valence-electron chi connectivity index (χ2n) is 4.64. The SMILES string of the molecule is CC(=O)N[C@@H]1C(=O)N(C(C)C)c2ccc(Cl)cc21. The van der Waals surface area contributed by atoms with Gasteiger partial charge in [0.1, 0.15) is 6.04 Å². The van der Waals surface area contributed by atoms with E-state index in [1.165, 1.54) is 6.92 Å². The summed E-state index contributed by atoms with van der Waals surface area (Å²) >= 11 is 5.96. The van der Waals surface area contributed by atoms with Crippen molar-refractivity contribution in [3.63, 3.8) is 0 Å². The summed E-state index contributed by atoms with van der Waals surface area (Å²) in [7, 11) is 0. The van der Waals surface area contributed by atoms with E-state index in [1.807, 2.05) is 19.9 Å². The van der Waals surface area contributed by atoms with Crippen LogP contribution < -0.4 is 10.2 Å². The molecule has 1 heterocycles. The molecule has 1 atom stereocenters. The fourth-order valence-electron chi connectivity index (χ4n) is 2.24. The number of benzene rings is 1. The first-order chi connectivity index (χ1) is 8.41. The number of hydrogen-bond donors (Lipinski definition) is 1. The zero-order valence-electron chi connectivity index (χ0n) is 10.5. The van der Waals surface area contributed by atoms with Crippen molar-refractivity contribution >= 4 is 29.1 Å². The Balaban J connectivity index is 2.50. The smallest absolute Gasteiger partial charge is 0.254 e. The lowest BCUT2D eigenvalue weighted by molar-refractivity contribution is -0.126. The zero-order chi connectivity index (χ0) is 13.4. The van der Waals surface area contributed by atoms with Gasteiger partial charge in [-0.2, -0.15) is 0 Å². The standard InChI is InChI=1S/C13H15ClN2O2/c1-7(2)16-11-5-4-9(14)6-10(11)12(13(16)18)15-8(3)17/h4-7,12H,1-3H3,(H,15,17)/t12-/m0/s1. The molecule has 0 radical (unpaired) electrons. The Morgan fingerprint density at radius 3 is 2.67 bits per heavy atom. The Morgan fingerprint density at radius 1 is 1.44 bits per heavy atom. The molecule has 1 aromatic carbocycles. The first-order valence-corrected chi connectivity index (χ1v) is 6.19. The summed E-state index contributed by atoms with van der Waals surface area (Å²) < 4.78 is 0. The number of halogens is 1. The van der Waals surface area contributed by atoms with E-state index in [1.54, 1.807) is 17.0 Å². The molecule has 0 fully saturated rings. The predicted octanol–water partition coefficient (Wildman–Crippen LogP) is 2.27. The minimum absolute atomic E-state index is 0.0381. The van der Waals surface area contributed by atoms with E-state index in [2.05, 4.69) is 5.32 Å². The zero-order valence-corrected chi connectivity index (χ0v) is 11.3. The van der Waals surface area contributed by atoms with Gasteiger partial charge in [0.2, 0.25) is 5.91 Å². The second-order valence-corrected chi connectivity index (χ2v) is 5.08. The largest absolute Gasteiger partial charge is 0.341 e. The molecule has 2 amide bonds. The fourth-order valence-corrected chi connectivity index (χ4v) is 2.42. The van der Waals surface area contributed by atoms with Gasteiger partial charge in [0.25, 0.3) is 5.91 Å². The number of fused-ring (bicyclic) bond motifs is 1. The Morgan fingerprint density at radius 2 is 2.11 bits per heavy atom. The van der Waals surface area contributed by atoms with Gasteiger partial charge in [-0.3, -0.25) is 9.59 Å². The molecule has 1 aromatic rings. The molecule has 1 aliphatic rings. The van der Waals surface area contributed by atoms with E-state index in [4.69, 9.17) is 11.6 Å². The maximum atomic E-state index is 12.3. The highest BCUT2D eigenvalue weighted by atomic mass is 35.5. The van der Waals surface area contributed by atoms with Crippen LogP contribution in [0.25, 0.3) is 0 Å². The lowest BCUT2D eigenvalue weighted by Gasteiger charge is -2.22. The van der Waals surface area contributed by atoms with E-state index in [0.29, 0.717) is 5.02 Å². The molecule has 0 bridgehead atoms. The van der Waals surface area contributed by atoms with E-state index in [0.717, 1.165) is 11.3 Å². The predicted molar refractivity (Wildman–Crippen MR) is 70.6 cm³/mol. The molecular weight excluding hydrogens is 252 g/mol. The van der Waals surface area contributed by atoms with Gasteiger partial charge in [-0.25, -0.2) is 0 Å². The van der Waals surface area contributed by atoms with Gasteiger partial charge < -0.3 is 10.2 Å². The second kappa shape index (κ2) is 4.61. The molecule has 4 nitrogen and oxygen atoms in total. The lowest BCUT2D eigenvalue weighted by Crippen LogP contribution is -2.39. The molecule has 1 aliphatic heterocycles. The summed E-state index contributed by atoms with van der Waals surface area (Å²) in [5.41, 5.74) is 1.58. The molecule has 18 heavy (non-hydrogen) atoms. The van der Waals surface area contributed by atoms with Crippen molar-refractivity contribution in [1.29, 1.82) is 0 Å². The normalized spacial score (nSPS) is 18.2. The van der Waals surface area contributed by atoms with Gasteiger partial charge >= 0.3 is 0 Å². The Labute approximate surface area is 111 Å². The fraction of sp³-hybridized carbons (Fsp3) is 0.385. The Kier molecular flexibility index (Phi) is 3.30. The van der Waals surface area contributed by atoms with Gasteiger partial charge in [-0.05, 0) is 32.0 Å². The van der Waals surface area contributed by atoms with Crippen LogP contribution in [0.3, 0.4) is 0 Å². The van der Waals surface area contributed by atoms with Crippen molar-refractivity contribution in [3.8, 4) is 0 Å². The van der Waals surface area contributed by atoms with Gasteiger partial charge in [-0.1, -0.05) is 11.6 Å². The summed E-state index contributed by atoms with van der Waals surface area (Å²) in [6.07, 6.45) is 0. The van der Waals surface area contributed by atoms with Crippen LogP contribution in [0.4, 0.5) is 5.69 Å². The van der Waals surface area contributed by atoms with E-state index in [-0.39, 0.29) is 17.9 Å². The first-order valence-electron chi connectivity index (χ1n) is 5.81. The number of amides is 2. The van der Waals surface area contributed by atoms with Crippen molar-refractivity contribution < 1.29 is 9.59 Å². The summed E-state index contributed by atoms with van der Waals surface area (Å²) in [6.45, 7) is 5.27. The van der Waals surface area contributed by atoms with Crippen molar-refractivity contribution in [3.05, 3.63) is 28.8 Å². The molecular formula is C13H15ClN2O2. The molecule has 96 valence electrons. The molecule has 1 N–H and O–H groups in total. The average Bonchev–Trinajstić information content (AvgIpc) is 2.52. The molecule has 0 saturated heterocycles. The summed E-state index contributed by atoms with van der Waals surface area (Å²) in [5.74, 6) is -0.345. The van der Waals surface area contributed by atoms with Crippen LogP contribution in [0, 0.1) is 0 Å². The Bertz CT molecular complexity index is 514. The number of rotatable bonds is 2.